The van der Waals surface area contributed by atoms with Gasteiger partial charge in [-0.2, -0.15) is 4.31 Å². The molecular weight excluding hydrogens is 454 g/mol. The van der Waals surface area contributed by atoms with E-state index in [9.17, 15) is 13.2 Å². The van der Waals surface area contributed by atoms with Gasteiger partial charge in [0, 0.05) is 32.7 Å². The van der Waals surface area contributed by atoms with Crippen molar-refractivity contribution in [1.29, 1.82) is 0 Å². The predicted octanol–water partition coefficient (Wildman–Crippen LogP) is 3.47. The van der Waals surface area contributed by atoms with E-state index < -0.39 is 10.0 Å². The van der Waals surface area contributed by atoms with Crippen LogP contribution in [0.15, 0.2) is 52.2 Å². The number of thiazole rings is 1. The van der Waals surface area contributed by atoms with Crippen LogP contribution >= 0.6 is 23.7 Å². The molecule has 2 aromatic carbocycles. The number of aromatic nitrogens is 1. The minimum atomic E-state index is -3.56. The SMILES string of the molecule is Cl.O=c1[nH]c2ccc(S(=O)(=O)N3CCCC(CN4CCc5ccccc5C4)C3)cc2s1. The first kappa shape index (κ1) is 22.5. The highest BCUT2D eigenvalue weighted by Crippen LogP contribution is 2.28. The Hall–Kier alpha value is -1.71. The van der Waals surface area contributed by atoms with E-state index in [0.29, 0.717) is 29.2 Å². The summed E-state index contributed by atoms with van der Waals surface area (Å²) in [5.74, 6) is 0.339. The van der Waals surface area contributed by atoms with Crippen molar-refractivity contribution in [2.24, 2.45) is 5.92 Å². The topological polar surface area (TPSA) is 73.5 Å². The van der Waals surface area contributed by atoms with Gasteiger partial charge in [-0.3, -0.25) is 9.69 Å². The smallest absolute Gasteiger partial charge is 0.305 e. The molecule has 1 saturated heterocycles. The predicted molar refractivity (Wildman–Crippen MR) is 127 cm³/mol. The van der Waals surface area contributed by atoms with E-state index in [1.54, 1.807) is 22.5 Å². The summed E-state index contributed by atoms with van der Waals surface area (Å²) in [4.78, 5) is 16.9. The second-order valence-corrected chi connectivity index (χ2v) is 11.3. The lowest BCUT2D eigenvalue weighted by atomic mass is 9.95. The number of rotatable bonds is 4. The number of H-pyrrole nitrogens is 1. The Balaban J connectivity index is 0.00000231. The molecule has 2 aliphatic heterocycles. The maximum atomic E-state index is 13.3. The number of fused-ring (bicyclic) bond motifs is 2. The molecule has 0 radical (unpaired) electrons. The first-order chi connectivity index (χ1) is 14.5. The van der Waals surface area contributed by atoms with Crippen molar-refractivity contribution in [1.82, 2.24) is 14.2 Å². The van der Waals surface area contributed by atoms with Crippen LogP contribution in [-0.2, 0) is 23.0 Å². The summed E-state index contributed by atoms with van der Waals surface area (Å²) >= 11 is 1.05. The van der Waals surface area contributed by atoms with Gasteiger partial charge in [-0.05, 0) is 54.5 Å². The van der Waals surface area contributed by atoms with Crippen LogP contribution in [0.25, 0.3) is 10.2 Å². The van der Waals surface area contributed by atoms with E-state index in [4.69, 9.17) is 0 Å². The Labute approximate surface area is 192 Å². The van der Waals surface area contributed by atoms with Crippen LogP contribution in [-0.4, -0.2) is 48.8 Å². The quantitative estimate of drug-likeness (QED) is 0.621. The van der Waals surface area contributed by atoms with Gasteiger partial charge in [0.05, 0.1) is 15.1 Å². The molecular formula is C22H26ClN3O3S2. The molecule has 1 fully saturated rings. The molecule has 0 amide bonds. The van der Waals surface area contributed by atoms with Gasteiger partial charge < -0.3 is 4.98 Å². The fourth-order valence-corrected chi connectivity index (χ4v) is 7.14. The van der Waals surface area contributed by atoms with Crippen molar-refractivity contribution in [2.75, 3.05) is 26.2 Å². The number of sulfonamides is 1. The zero-order chi connectivity index (χ0) is 20.7. The average molecular weight is 480 g/mol. The lowest BCUT2D eigenvalue weighted by molar-refractivity contribution is 0.167. The summed E-state index contributed by atoms with van der Waals surface area (Å²) in [5.41, 5.74) is 3.51. The lowest BCUT2D eigenvalue weighted by Crippen LogP contribution is -2.44. The van der Waals surface area contributed by atoms with E-state index in [-0.39, 0.29) is 22.2 Å². The van der Waals surface area contributed by atoms with Crippen LogP contribution < -0.4 is 4.87 Å². The minimum absolute atomic E-state index is 0. The number of nitrogens with one attached hydrogen (secondary N) is 1. The maximum absolute atomic E-state index is 13.3. The van der Waals surface area contributed by atoms with Gasteiger partial charge in [0.1, 0.15) is 0 Å². The van der Waals surface area contributed by atoms with Crippen molar-refractivity contribution >= 4 is 44.0 Å². The summed E-state index contributed by atoms with van der Waals surface area (Å²) in [5, 5.41) is 0. The molecule has 166 valence electrons. The van der Waals surface area contributed by atoms with E-state index >= 15 is 0 Å². The number of aromatic amines is 1. The van der Waals surface area contributed by atoms with Gasteiger partial charge in [0.25, 0.3) is 0 Å². The molecule has 3 aromatic rings. The molecule has 0 bridgehead atoms. The Morgan fingerprint density at radius 3 is 2.74 bits per heavy atom. The van der Waals surface area contributed by atoms with Crippen molar-refractivity contribution < 1.29 is 8.42 Å². The highest BCUT2D eigenvalue weighted by molar-refractivity contribution is 7.89. The number of hydrogen-bond donors (Lipinski definition) is 1. The molecule has 31 heavy (non-hydrogen) atoms. The molecule has 1 atom stereocenters. The molecule has 1 N–H and O–H groups in total. The number of hydrogen-bond acceptors (Lipinski definition) is 5. The second-order valence-electron chi connectivity index (χ2n) is 8.30. The summed E-state index contributed by atoms with van der Waals surface area (Å²) < 4.78 is 28.9. The van der Waals surface area contributed by atoms with Crippen LogP contribution in [0.1, 0.15) is 24.0 Å². The van der Waals surface area contributed by atoms with Crippen molar-refractivity contribution in [3.8, 4) is 0 Å². The Bertz CT molecular complexity index is 1240. The van der Waals surface area contributed by atoms with Gasteiger partial charge >= 0.3 is 4.87 Å². The zero-order valence-corrected chi connectivity index (χ0v) is 19.6. The summed E-state index contributed by atoms with van der Waals surface area (Å²) in [6.07, 6.45) is 3.00. The summed E-state index contributed by atoms with van der Waals surface area (Å²) in [6, 6.07) is 13.5. The van der Waals surface area contributed by atoms with Gasteiger partial charge in [0.15, 0.2) is 0 Å². The monoisotopic (exact) mass is 479 g/mol. The zero-order valence-electron chi connectivity index (χ0n) is 17.1. The molecule has 9 heteroatoms. The molecule has 5 rings (SSSR count). The fraction of sp³-hybridized carbons (Fsp3) is 0.409. The highest BCUT2D eigenvalue weighted by atomic mass is 35.5. The van der Waals surface area contributed by atoms with Crippen LogP contribution in [0.5, 0.6) is 0 Å². The molecule has 3 heterocycles. The lowest BCUT2D eigenvalue weighted by Gasteiger charge is -2.36. The van der Waals surface area contributed by atoms with E-state index in [0.717, 1.165) is 50.2 Å². The molecule has 1 aromatic heterocycles. The number of halogens is 1. The van der Waals surface area contributed by atoms with Gasteiger partial charge in [-0.15, -0.1) is 12.4 Å². The first-order valence-corrected chi connectivity index (χ1v) is 12.7. The molecule has 6 nitrogen and oxygen atoms in total. The van der Waals surface area contributed by atoms with Crippen LogP contribution in [0, 0.1) is 5.92 Å². The van der Waals surface area contributed by atoms with E-state index in [1.807, 2.05) is 0 Å². The molecule has 0 saturated carbocycles. The number of piperidine rings is 1. The standard InChI is InChI=1S/C22H25N3O3S2.ClH/c26-22-23-20-8-7-19(12-21(20)29-22)30(27,28)25-10-3-4-16(14-25)13-24-11-9-17-5-1-2-6-18(17)15-24;/h1-2,5-8,12,16H,3-4,9-11,13-15H2,(H,23,26);1H. The van der Waals surface area contributed by atoms with E-state index in [1.165, 1.54) is 11.1 Å². The second kappa shape index (κ2) is 9.03. The highest BCUT2D eigenvalue weighted by Gasteiger charge is 2.31. The largest absolute Gasteiger partial charge is 0.312 e. The third-order valence-corrected chi connectivity index (χ3v) is 8.94. The van der Waals surface area contributed by atoms with Crippen LogP contribution in [0.2, 0.25) is 0 Å². The third-order valence-electron chi connectivity index (χ3n) is 6.24. The van der Waals surface area contributed by atoms with Crippen molar-refractivity contribution in [3.05, 3.63) is 63.3 Å². The maximum Gasteiger partial charge on any atom is 0.305 e. The van der Waals surface area contributed by atoms with Crippen LogP contribution in [0.3, 0.4) is 0 Å². The van der Waals surface area contributed by atoms with Gasteiger partial charge in [0.2, 0.25) is 10.0 Å². The van der Waals surface area contributed by atoms with Gasteiger partial charge in [-0.1, -0.05) is 35.6 Å². The van der Waals surface area contributed by atoms with Crippen molar-refractivity contribution in [3.63, 3.8) is 0 Å². The first-order valence-electron chi connectivity index (χ1n) is 10.4. The summed E-state index contributed by atoms with van der Waals surface area (Å²) in [6.45, 7) is 4.02. The average Bonchev–Trinajstić information content (AvgIpc) is 3.13. The van der Waals surface area contributed by atoms with Gasteiger partial charge in [-0.25, -0.2) is 8.42 Å². The minimum Gasteiger partial charge on any atom is -0.312 e. The fourth-order valence-electron chi connectivity index (χ4n) is 4.70. The molecule has 0 spiro atoms. The molecule has 0 aliphatic carbocycles. The third kappa shape index (κ3) is 4.59. The Morgan fingerprint density at radius 2 is 1.90 bits per heavy atom. The Morgan fingerprint density at radius 1 is 1.10 bits per heavy atom. The molecule has 2 aliphatic rings. The van der Waals surface area contributed by atoms with Crippen LogP contribution in [0.4, 0.5) is 0 Å². The number of nitrogens with zero attached hydrogens (tertiary/aromatic N) is 2. The van der Waals surface area contributed by atoms with E-state index in [2.05, 4.69) is 34.1 Å². The summed E-state index contributed by atoms with van der Waals surface area (Å²) in [7, 11) is -3.56. The normalized spacial score (nSPS) is 20.3. The van der Waals surface area contributed by atoms with Crippen molar-refractivity contribution in [2.45, 2.75) is 30.7 Å². The Kier molecular flexibility index (Phi) is 6.55. The molecule has 1 unspecified atom stereocenters. The number of benzene rings is 2.